The Morgan fingerprint density at radius 2 is 1.86 bits per heavy atom. The Morgan fingerprint density at radius 3 is 2.64 bits per heavy atom. The van der Waals surface area contributed by atoms with E-state index in [2.05, 4.69) is 96.5 Å². The largest absolute Gasteiger partial charge is 0.355 e. The molecule has 2 aliphatic carbocycles. The Hall–Kier alpha value is -3.32. The van der Waals surface area contributed by atoms with E-state index >= 15 is 0 Å². The SMILES string of the molecule is C=C(CC1=CCC=C1c1cc2ccccc2[nH]1)c1ccc(C2=CC=CC2)cc1. The standard InChI is InChI=1S/C27H23N/c1-19(20-13-15-22(16-14-20)21-7-2-3-8-21)17-23-10-6-11-25(23)27-18-24-9-4-5-12-26(24)28-27/h2-5,7,9-16,18,28H,1,6,8,17H2. The predicted octanol–water partition coefficient (Wildman–Crippen LogP) is 7.33. The van der Waals surface area contributed by atoms with Crippen LogP contribution in [0.1, 0.15) is 36.1 Å². The van der Waals surface area contributed by atoms with E-state index in [-0.39, 0.29) is 0 Å². The van der Waals surface area contributed by atoms with E-state index < -0.39 is 0 Å². The number of aromatic nitrogens is 1. The van der Waals surface area contributed by atoms with Gasteiger partial charge in [0.1, 0.15) is 0 Å². The average molecular weight is 361 g/mol. The molecule has 0 aliphatic heterocycles. The molecule has 0 unspecified atom stereocenters. The maximum Gasteiger partial charge on any atom is 0.0464 e. The molecule has 1 nitrogen and oxygen atoms in total. The number of rotatable bonds is 5. The van der Waals surface area contributed by atoms with Crippen molar-refractivity contribution >= 4 is 27.6 Å². The molecule has 1 aromatic heterocycles. The molecular formula is C27H23N. The second kappa shape index (κ2) is 7.01. The molecule has 0 saturated heterocycles. The first-order valence-corrected chi connectivity index (χ1v) is 9.90. The van der Waals surface area contributed by atoms with Gasteiger partial charge in [-0.3, -0.25) is 0 Å². The van der Waals surface area contributed by atoms with Crippen LogP contribution in [0.15, 0.2) is 97.1 Å². The van der Waals surface area contributed by atoms with Gasteiger partial charge >= 0.3 is 0 Å². The van der Waals surface area contributed by atoms with Gasteiger partial charge in [0.15, 0.2) is 0 Å². The third kappa shape index (κ3) is 3.10. The van der Waals surface area contributed by atoms with Crippen molar-refractivity contribution in [2.75, 3.05) is 0 Å². The summed E-state index contributed by atoms with van der Waals surface area (Å²) in [6, 6.07) is 19.6. The molecule has 28 heavy (non-hydrogen) atoms. The lowest BCUT2D eigenvalue weighted by molar-refractivity contribution is 1.28. The Balaban J connectivity index is 1.33. The van der Waals surface area contributed by atoms with Gasteiger partial charge in [-0.15, -0.1) is 0 Å². The second-order valence-corrected chi connectivity index (χ2v) is 7.53. The molecule has 5 rings (SSSR count). The molecule has 1 N–H and O–H groups in total. The van der Waals surface area contributed by atoms with Crippen LogP contribution in [0.3, 0.4) is 0 Å². The van der Waals surface area contributed by atoms with E-state index in [1.165, 1.54) is 50.0 Å². The minimum Gasteiger partial charge on any atom is -0.355 e. The second-order valence-electron chi connectivity index (χ2n) is 7.53. The zero-order chi connectivity index (χ0) is 18.9. The van der Waals surface area contributed by atoms with Gasteiger partial charge in [-0.1, -0.05) is 79.4 Å². The molecule has 2 aliphatic rings. The monoisotopic (exact) mass is 361 g/mol. The van der Waals surface area contributed by atoms with Crippen LogP contribution in [0.2, 0.25) is 0 Å². The van der Waals surface area contributed by atoms with Crippen LogP contribution < -0.4 is 0 Å². The Labute approximate surface area is 166 Å². The van der Waals surface area contributed by atoms with Gasteiger partial charge in [0.25, 0.3) is 0 Å². The molecule has 136 valence electrons. The van der Waals surface area contributed by atoms with Crippen LogP contribution in [-0.4, -0.2) is 4.98 Å². The first kappa shape index (κ1) is 16.8. The van der Waals surface area contributed by atoms with E-state index in [4.69, 9.17) is 0 Å². The highest BCUT2D eigenvalue weighted by Crippen LogP contribution is 2.36. The highest BCUT2D eigenvalue weighted by atomic mass is 14.7. The summed E-state index contributed by atoms with van der Waals surface area (Å²) < 4.78 is 0. The number of benzene rings is 2. The lowest BCUT2D eigenvalue weighted by Crippen LogP contribution is -1.91. The van der Waals surface area contributed by atoms with Gasteiger partial charge in [0, 0.05) is 16.6 Å². The minimum atomic E-state index is 0.880. The fourth-order valence-corrected chi connectivity index (χ4v) is 4.14. The van der Waals surface area contributed by atoms with Crippen LogP contribution >= 0.6 is 0 Å². The molecule has 0 radical (unpaired) electrons. The number of H-pyrrole nitrogens is 1. The van der Waals surface area contributed by atoms with Crippen molar-refractivity contribution in [3.63, 3.8) is 0 Å². The van der Waals surface area contributed by atoms with Crippen molar-refractivity contribution in [1.29, 1.82) is 0 Å². The molecule has 0 amide bonds. The first-order valence-electron chi connectivity index (χ1n) is 9.90. The number of nitrogens with one attached hydrogen (secondary N) is 1. The number of para-hydroxylation sites is 1. The number of aromatic amines is 1. The number of hydrogen-bond donors (Lipinski definition) is 1. The van der Waals surface area contributed by atoms with Gasteiger partial charge in [-0.2, -0.15) is 0 Å². The molecule has 1 heteroatoms. The van der Waals surface area contributed by atoms with Crippen molar-refractivity contribution in [3.8, 4) is 0 Å². The maximum absolute atomic E-state index is 4.38. The van der Waals surface area contributed by atoms with E-state index in [0.717, 1.165) is 19.3 Å². The predicted molar refractivity (Wildman–Crippen MR) is 121 cm³/mol. The third-order valence-corrected chi connectivity index (χ3v) is 5.69. The molecular weight excluding hydrogens is 338 g/mol. The molecule has 1 heterocycles. The van der Waals surface area contributed by atoms with E-state index in [1.54, 1.807) is 0 Å². The van der Waals surface area contributed by atoms with Crippen LogP contribution in [0.5, 0.6) is 0 Å². The summed E-state index contributed by atoms with van der Waals surface area (Å²) in [6.07, 6.45) is 14.1. The number of allylic oxidation sites excluding steroid dienone is 9. The summed E-state index contributed by atoms with van der Waals surface area (Å²) >= 11 is 0. The van der Waals surface area contributed by atoms with Gasteiger partial charge < -0.3 is 4.98 Å². The van der Waals surface area contributed by atoms with Crippen LogP contribution in [0.4, 0.5) is 0 Å². The summed E-state index contributed by atoms with van der Waals surface area (Å²) in [7, 11) is 0. The van der Waals surface area contributed by atoms with Gasteiger partial charge in [-0.25, -0.2) is 0 Å². The van der Waals surface area contributed by atoms with E-state index in [9.17, 15) is 0 Å². The molecule has 0 atom stereocenters. The summed E-state index contributed by atoms with van der Waals surface area (Å²) in [5, 5.41) is 1.26. The summed E-state index contributed by atoms with van der Waals surface area (Å²) in [5.74, 6) is 0. The zero-order valence-electron chi connectivity index (χ0n) is 15.9. The first-order chi connectivity index (χ1) is 13.8. The highest BCUT2D eigenvalue weighted by Gasteiger charge is 2.16. The Bertz CT molecular complexity index is 1140. The fraction of sp³-hybridized carbons (Fsp3) is 0.111. The van der Waals surface area contributed by atoms with Gasteiger partial charge in [0.05, 0.1) is 0 Å². The average Bonchev–Trinajstić information content (AvgIpc) is 3.47. The number of hydrogen-bond acceptors (Lipinski definition) is 0. The molecule has 0 fully saturated rings. The van der Waals surface area contributed by atoms with Crippen molar-refractivity contribution in [2.45, 2.75) is 19.3 Å². The topological polar surface area (TPSA) is 15.8 Å². The smallest absolute Gasteiger partial charge is 0.0464 e. The van der Waals surface area contributed by atoms with Crippen LogP contribution in [0.25, 0.3) is 27.6 Å². The molecule has 0 spiro atoms. The number of fused-ring (bicyclic) bond motifs is 1. The normalized spacial score (nSPS) is 15.6. The van der Waals surface area contributed by atoms with Crippen LogP contribution in [0, 0.1) is 0 Å². The van der Waals surface area contributed by atoms with Gasteiger partial charge in [0.2, 0.25) is 0 Å². The Morgan fingerprint density at radius 1 is 1.00 bits per heavy atom. The zero-order valence-corrected chi connectivity index (χ0v) is 15.9. The summed E-state index contributed by atoms with van der Waals surface area (Å²) in [4.78, 5) is 3.57. The highest BCUT2D eigenvalue weighted by molar-refractivity contribution is 5.90. The molecule has 3 aromatic rings. The van der Waals surface area contributed by atoms with Crippen molar-refractivity contribution in [3.05, 3.63) is 114 Å². The van der Waals surface area contributed by atoms with Crippen LogP contribution in [-0.2, 0) is 0 Å². The van der Waals surface area contributed by atoms with E-state index in [1.807, 2.05) is 0 Å². The molecule has 0 saturated carbocycles. The minimum absolute atomic E-state index is 0.880. The quantitative estimate of drug-likeness (QED) is 0.490. The summed E-state index contributed by atoms with van der Waals surface area (Å²) in [5.41, 5.74) is 10.2. The maximum atomic E-state index is 4.38. The van der Waals surface area contributed by atoms with Crippen molar-refractivity contribution in [1.82, 2.24) is 4.98 Å². The molecule has 0 bridgehead atoms. The Kier molecular flexibility index (Phi) is 4.21. The van der Waals surface area contributed by atoms with Crippen molar-refractivity contribution in [2.24, 2.45) is 0 Å². The van der Waals surface area contributed by atoms with Gasteiger partial charge in [-0.05, 0) is 64.8 Å². The van der Waals surface area contributed by atoms with Crippen molar-refractivity contribution < 1.29 is 0 Å². The lowest BCUT2D eigenvalue weighted by atomic mass is 9.94. The third-order valence-electron chi connectivity index (χ3n) is 5.69. The fourth-order valence-electron chi connectivity index (χ4n) is 4.14. The summed E-state index contributed by atoms with van der Waals surface area (Å²) in [6.45, 7) is 4.38. The van der Waals surface area contributed by atoms with E-state index in [0.29, 0.717) is 0 Å². The molecule has 2 aromatic carbocycles. The lowest BCUT2D eigenvalue weighted by Gasteiger charge is -2.11.